The Balaban J connectivity index is 1.42. The largest absolute Gasteiger partial charge is 0.356 e. The van der Waals surface area contributed by atoms with Crippen LogP contribution in [0.25, 0.3) is 39.4 Å². The summed E-state index contributed by atoms with van der Waals surface area (Å²) in [5.41, 5.74) is 10.8. The number of rotatable bonds is 5. The van der Waals surface area contributed by atoms with E-state index in [0.29, 0.717) is 0 Å². The molecule has 0 radical (unpaired) electrons. The molecule has 0 atom stereocenters. The Labute approximate surface area is 203 Å². The highest BCUT2D eigenvalue weighted by molar-refractivity contribution is 5.91. The molecular weight excluding hydrogens is 436 g/mol. The second-order valence-corrected chi connectivity index (χ2v) is 9.17. The van der Waals surface area contributed by atoms with Gasteiger partial charge in [0, 0.05) is 48.4 Å². The number of fused-ring (bicyclic) bond motifs is 2. The van der Waals surface area contributed by atoms with Gasteiger partial charge in [0.05, 0.1) is 34.6 Å². The van der Waals surface area contributed by atoms with Crippen molar-refractivity contribution in [3.63, 3.8) is 0 Å². The highest BCUT2D eigenvalue weighted by Gasteiger charge is 2.19. The van der Waals surface area contributed by atoms with Crippen LogP contribution in [0.3, 0.4) is 0 Å². The van der Waals surface area contributed by atoms with Gasteiger partial charge in [0.2, 0.25) is 0 Å². The zero-order valence-electron chi connectivity index (χ0n) is 19.9. The fraction of sp³-hybridized carbons (Fsp3) is 0.185. The zero-order chi connectivity index (χ0) is 23.9. The number of aromatic nitrogens is 7. The molecule has 1 aliphatic rings. The summed E-state index contributed by atoms with van der Waals surface area (Å²) in [5, 5.41) is 7.77. The second-order valence-electron chi connectivity index (χ2n) is 9.17. The van der Waals surface area contributed by atoms with Crippen molar-refractivity contribution < 1.29 is 0 Å². The minimum atomic E-state index is 0.803. The average molecular weight is 463 g/mol. The van der Waals surface area contributed by atoms with Crippen LogP contribution in [0.5, 0.6) is 0 Å². The Morgan fingerprint density at radius 2 is 2.06 bits per heavy atom. The van der Waals surface area contributed by atoms with Gasteiger partial charge in [-0.2, -0.15) is 5.10 Å². The number of pyridine rings is 2. The molecule has 2 N–H and O–H groups in total. The van der Waals surface area contributed by atoms with Crippen LogP contribution in [0, 0.1) is 6.92 Å². The maximum absolute atomic E-state index is 5.00. The lowest BCUT2D eigenvalue weighted by Crippen LogP contribution is -2.10. The summed E-state index contributed by atoms with van der Waals surface area (Å²) in [6, 6.07) is 8.35. The summed E-state index contributed by atoms with van der Waals surface area (Å²) < 4.78 is 2.06. The van der Waals surface area contributed by atoms with Crippen molar-refractivity contribution in [2.45, 2.75) is 19.9 Å². The molecule has 1 aliphatic carbocycles. The van der Waals surface area contributed by atoms with Crippen LogP contribution < -0.4 is 0 Å². The van der Waals surface area contributed by atoms with Crippen LogP contribution in [-0.2, 0) is 13.0 Å². The van der Waals surface area contributed by atoms with Gasteiger partial charge in [0.1, 0.15) is 11.2 Å². The normalized spacial score (nSPS) is 13.3. The van der Waals surface area contributed by atoms with Crippen molar-refractivity contribution in [2.75, 3.05) is 14.1 Å². The number of H-pyrrole nitrogens is 2. The van der Waals surface area contributed by atoms with E-state index in [9.17, 15) is 0 Å². The summed E-state index contributed by atoms with van der Waals surface area (Å²) in [4.78, 5) is 19.6. The van der Waals surface area contributed by atoms with Gasteiger partial charge >= 0.3 is 0 Å². The molecule has 0 aromatic carbocycles. The SMILES string of the molecule is Cc1cn(C2=CC=CCc3[nH]c(-c4n[nH]c5ccc(-c6cncc(CN(C)C)c6)nc45)cc32)cn1. The summed E-state index contributed by atoms with van der Waals surface area (Å²) >= 11 is 0. The van der Waals surface area contributed by atoms with Gasteiger partial charge in [0.25, 0.3) is 0 Å². The average Bonchev–Trinajstić information content (AvgIpc) is 3.54. The molecule has 0 unspecified atom stereocenters. The molecule has 5 heterocycles. The Morgan fingerprint density at radius 1 is 1.14 bits per heavy atom. The molecule has 0 amide bonds. The lowest BCUT2D eigenvalue weighted by atomic mass is 10.1. The van der Waals surface area contributed by atoms with Gasteiger partial charge in [0.15, 0.2) is 0 Å². The van der Waals surface area contributed by atoms with E-state index in [-0.39, 0.29) is 0 Å². The van der Waals surface area contributed by atoms with Crippen molar-refractivity contribution in [3.05, 3.63) is 89.9 Å². The Kier molecular flexibility index (Phi) is 5.15. The van der Waals surface area contributed by atoms with Crippen molar-refractivity contribution in [2.24, 2.45) is 0 Å². The van der Waals surface area contributed by atoms with Gasteiger partial charge in [-0.25, -0.2) is 9.97 Å². The van der Waals surface area contributed by atoms with Crippen LogP contribution >= 0.6 is 0 Å². The Hall–Kier alpha value is -4.30. The van der Waals surface area contributed by atoms with E-state index in [0.717, 1.165) is 74.9 Å². The minimum Gasteiger partial charge on any atom is -0.356 e. The maximum Gasteiger partial charge on any atom is 0.135 e. The van der Waals surface area contributed by atoms with Gasteiger partial charge in [-0.3, -0.25) is 10.1 Å². The maximum atomic E-state index is 5.00. The third-order valence-corrected chi connectivity index (χ3v) is 6.13. The third-order valence-electron chi connectivity index (χ3n) is 6.13. The molecular formula is C27H26N8. The number of nitrogens with zero attached hydrogens (tertiary/aromatic N) is 6. The standard InChI is InChI=1S/C27H26N8/c1-17-14-35(16-29-17)25-7-5-4-6-22-20(25)11-24(30-22)27-26-23(32-33-27)9-8-21(31-26)19-10-18(12-28-13-19)15-34(2)3/h4-5,7-14,16,30H,6,15H2,1-3H3,(H,32,33). The summed E-state index contributed by atoms with van der Waals surface area (Å²) in [7, 11) is 4.11. The van der Waals surface area contributed by atoms with Crippen LogP contribution in [0.2, 0.25) is 0 Å². The molecule has 8 heteroatoms. The number of aromatic amines is 2. The first kappa shape index (κ1) is 21.2. The van der Waals surface area contributed by atoms with Crippen molar-refractivity contribution in [3.8, 4) is 22.6 Å². The quantitative estimate of drug-likeness (QED) is 0.399. The molecule has 0 spiro atoms. The molecule has 0 aliphatic heterocycles. The van der Waals surface area contributed by atoms with E-state index in [1.165, 1.54) is 0 Å². The number of allylic oxidation sites excluding steroid dienone is 3. The molecule has 5 aromatic heterocycles. The zero-order valence-corrected chi connectivity index (χ0v) is 19.9. The van der Waals surface area contributed by atoms with E-state index in [1.54, 1.807) is 0 Å². The topological polar surface area (TPSA) is 91.3 Å². The van der Waals surface area contributed by atoms with Crippen LogP contribution in [0.15, 0.2) is 67.4 Å². The fourth-order valence-electron chi connectivity index (χ4n) is 4.55. The molecule has 0 saturated carbocycles. The van der Waals surface area contributed by atoms with E-state index in [4.69, 9.17) is 4.98 Å². The Bertz CT molecular complexity index is 1590. The van der Waals surface area contributed by atoms with E-state index in [2.05, 4.69) is 79.1 Å². The highest BCUT2D eigenvalue weighted by Crippen LogP contribution is 2.32. The fourth-order valence-corrected chi connectivity index (χ4v) is 4.55. The first-order valence-corrected chi connectivity index (χ1v) is 11.6. The second kappa shape index (κ2) is 8.48. The third kappa shape index (κ3) is 3.98. The number of nitrogens with one attached hydrogen (secondary N) is 2. The first-order valence-electron chi connectivity index (χ1n) is 11.6. The number of imidazole rings is 1. The molecule has 174 valence electrons. The number of hydrogen-bond donors (Lipinski definition) is 2. The van der Waals surface area contributed by atoms with Crippen molar-refractivity contribution in [1.82, 2.24) is 39.6 Å². The predicted molar refractivity (Wildman–Crippen MR) is 137 cm³/mol. The van der Waals surface area contributed by atoms with Gasteiger partial charge in [-0.15, -0.1) is 0 Å². The lowest BCUT2D eigenvalue weighted by molar-refractivity contribution is 0.402. The van der Waals surface area contributed by atoms with E-state index in [1.807, 2.05) is 44.0 Å². The van der Waals surface area contributed by atoms with Gasteiger partial charge < -0.3 is 14.5 Å². The summed E-state index contributed by atoms with van der Waals surface area (Å²) in [5.74, 6) is 0. The molecule has 35 heavy (non-hydrogen) atoms. The monoisotopic (exact) mass is 462 g/mol. The molecule has 0 saturated heterocycles. The molecule has 6 rings (SSSR count). The van der Waals surface area contributed by atoms with Crippen LogP contribution in [-0.4, -0.2) is 53.7 Å². The lowest BCUT2D eigenvalue weighted by Gasteiger charge is -2.10. The number of aryl methyl sites for hydroxylation is 1. The first-order chi connectivity index (χ1) is 17.0. The number of hydrogen-bond acceptors (Lipinski definition) is 5. The molecule has 5 aromatic rings. The van der Waals surface area contributed by atoms with E-state index < -0.39 is 0 Å². The van der Waals surface area contributed by atoms with Gasteiger partial charge in [-0.1, -0.05) is 12.2 Å². The van der Waals surface area contributed by atoms with E-state index >= 15 is 0 Å². The Morgan fingerprint density at radius 3 is 2.89 bits per heavy atom. The minimum absolute atomic E-state index is 0.803. The van der Waals surface area contributed by atoms with Crippen molar-refractivity contribution >= 4 is 16.7 Å². The highest BCUT2D eigenvalue weighted by atomic mass is 15.1. The van der Waals surface area contributed by atoms with Crippen LogP contribution in [0.4, 0.5) is 0 Å². The predicted octanol–water partition coefficient (Wildman–Crippen LogP) is 4.58. The summed E-state index contributed by atoms with van der Waals surface area (Å²) in [6.45, 7) is 2.83. The smallest absolute Gasteiger partial charge is 0.135 e. The van der Waals surface area contributed by atoms with Crippen LogP contribution in [0.1, 0.15) is 22.5 Å². The molecule has 0 fully saturated rings. The van der Waals surface area contributed by atoms with Gasteiger partial charge in [-0.05, 0) is 56.9 Å². The molecule has 8 nitrogen and oxygen atoms in total. The summed E-state index contributed by atoms with van der Waals surface area (Å²) in [6.07, 6.45) is 14.8. The van der Waals surface area contributed by atoms with Crippen molar-refractivity contribution in [1.29, 1.82) is 0 Å². The molecule has 0 bridgehead atoms.